The molecular formula is C15H20N2OS. The van der Waals surface area contributed by atoms with Gasteiger partial charge in [0.25, 0.3) is 0 Å². The highest BCUT2D eigenvalue weighted by Crippen LogP contribution is 2.48. The minimum atomic E-state index is 0.304. The van der Waals surface area contributed by atoms with Crippen molar-refractivity contribution in [2.45, 2.75) is 32.2 Å². The summed E-state index contributed by atoms with van der Waals surface area (Å²) in [4.78, 5) is 4.49. The number of pyridine rings is 1. The van der Waals surface area contributed by atoms with Crippen molar-refractivity contribution in [3.05, 3.63) is 29.3 Å². The van der Waals surface area contributed by atoms with Gasteiger partial charge < -0.3 is 10.4 Å². The summed E-state index contributed by atoms with van der Waals surface area (Å²) in [5, 5.41) is 14.8. The number of aliphatic hydroxyl groups is 1. The molecule has 2 N–H and O–H groups in total. The van der Waals surface area contributed by atoms with Crippen molar-refractivity contribution >= 4 is 21.6 Å². The molecule has 1 atom stereocenters. The molecule has 1 aliphatic carbocycles. The second-order valence-corrected chi connectivity index (χ2v) is 6.60. The molecule has 2 aromatic heterocycles. The molecular weight excluding hydrogens is 256 g/mol. The number of fused-ring (bicyclic) bond motifs is 1. The first-order valence-electron chi connectivity index (χ1n) is 6.90. The van der Waals surface area contributed by atoms with Crippen molar-refractivity contribution in [2.24, 2.45) is 5.41 Å². The van der Waals surface area contributed by atoms with Gasteiger partial charge in [-0.15, -0.1) is 11.3 Å². The van der Waals surface area contributed by atoms with Crippen molar-refractivity contribution < 1.29 is 5.11 Å². The first-order valence-corrected chi connectivity index (χ1v) is 7.78. The lowest BCUT2D eigenvalue weighted by Crippen LogP contribution is -2.27. The van der Waals surface area contributed by atoms with E-state index in [0.29, 0.717) is 18.1 Å². The number of hydrogen-bond acceptors (Lipinski definition) is 4. The molecule has 4 heteroatoms. The third-order valence-corrected chi connectivity index (χ3v) is 5.06. The molecule has 1 saturated carbocycles. The molecule has 0 aliphatic heterocycles. The van der Waals surface area contributed by atoms with Gasteiger partial charge in [0.1, 0.15) is 0 Å². The van der Waals surface area contributed by atoms with E-state index in [4.69, 9.17) is 5.11 Å². The standard InChI is InChI=1S/C15H20N2OS/c1-11(17-10-15(3-4-15)5-6-18)12-8-14-13(16-9-12)2-7-19-14/h2,7-9,11,17-18H,3-6,10H2,1H3. The number of nitrogens with one attached hydrogen (secondary N) is 1. The van der Waals surface area contributed by atoms with Crippen molar-refractivity contribution in [1.29, 1.82) is 0 Å². The molecule has 1 aliphatic rings. The van der Waals surface area contributed by atoms with Crippen LogP contribution < -0.4 is 5.32 Å². The summed E-state index contributed by atoms with van der Waals surface area (Å²) in [7, 11) is 0. The number of nitrogens with zero attached hydrogens (tertiary/aromatic N) is 1. The Kier molecular flexibility index (Phi) is 3.56. The van der Waals surface area contributed by atoms with E-state index in [-0.39, 0.29) is 0 Å². The summed E-state index contributed by atoms with van der Waals surface area (Å²) in [6.07, 6.45) is 5.39. The molecule has 1 fully saturated rings. The summed E-state index contributed by atoms with van der Waals surface area (Å²) < 4.78 is 1.25. The molecule has 3 rings (SSSR count). The Hall–Kier alpha value is -0.970. The van der Waals surface area contributed by atoms with E-state index < -0.39 is 0 Å². The maximum Gasteiger partial charge on any atom is 0.0809 e. The van der Waals surface area contributed by atoms with Crippen LogP contribution in [0, 0.1) is 5.41 Å². The molecule has 0 aromatic carbocycles. The summed E-state index contributed by atoms with van der Waals surface area (Å²) in [5.41, 5.74) is 2.69. The summed E-state index contributed by atoms with van der Waals surface area (Å²) in [5.74, 6) is 0. The lowest BCUT2D eigenvalue weighted by molar-refractivity contribution is 0.243. The fourth-order valence-corrected chi connectivity index (χ4v) is 3.30. The minimum absolute atomic E-state index is 0.304. The van der Waals surface area contributed by atoms with Gasteiger partial charge in [0.15, 0.2) is 0 Å². The maximum absolute atomic E-state index is 9.08. The zero-order valence-electron chi connectivity index (χ0n) is 11.2. The van der Waals surface area contributed by atoms with Gasteiger partial charge in [-0.1, -0.05) is 0 Å². The average Bonchev–Trinajstić information content (AvgIpc) is 3.02. The largest absolute Gasteiger partial charge is 0.396 e. The second kappa shape index (κ2) is 5.19. The number of rotatable bonds is 6. The number of aliphatic hydroxyl groups excluding tert-OH is 1. The van der Waals surface area contributed by atoms with E-state index >= 15 is 0 Å². The topological polar surface area (TPSA) is 45.1 Å². The predicted octanol–water partition coefficient (Wildman–Crippen LogP) is 3.11. The minimum Gasteiger partial charge on any atom is -0.396 e. The van der Waals surface area contributed by atoms with Gasteiger partial charge in [-0.25, -0.2) is 0 Å². The molecule has 2 heterocycles. The van der Waals surface area contributed by atoms with E-state index in [9.17, 15) is 0 Å². The lowest BCUT2D eigenvalue weighted by Gasteiger charge is -2.19. The Morgan fingerprint density at radius 2 is 2.37 bits per heavy atom. The van der Waals surface area contributed by atoms with Crippen LogP contribution >= 0.6 is 11.3 Å². The Morgan fingerprint density at radius 3 is 3.11 bits per heavy atom. The van der Waals surface area contributed by atoms with Gasteiger partial charge in [0, 0.05) is 25.4 Å². The molecule has 0 radical (unpaired) electrons. The van der Waals surface area contributed by atoms with Crippen LogP contribution in [-0.2, 0) is 0 Å². The van der Waals surface area contributed by atoms with Crippen LogP contribution in [0.15, 0.2) is 23.7 Å². The highest BCUT2D eigenvalue weighted by Gasteiger charge is 2.41. The normalized spacial score (nSPS) is 18.6. The third-order valence-electron chi connectivity index (χ3n) is 4.21. The van der Waals surface area contributed by atoms with E-state index in [2.05, 4.69) is 34.7 Å². The Bertz CT molecular complexity index is 562. The van der Waals surface area contributed by atoms with E-state index in [1.165, 1.54) is 23.1 Å². The number of aromatic nitrogens is 1. The maximum atomic E-state index is 9.08. The first-order chi connectivity index (χ1) is 9.22. The molecule has 0 bridgehead atoms. The summed E-state index contributed by atoms with van der Waals surface area (Å²) >= 11 is 1.74. The van der Waals surface area contributed by atoms with Crippen LogP contribution in [0.2, 0.25) is 0 Å². The average molecular weight is 276 g/mol. The number of thiophene rings is 1. The molecule has 102 valence electrons. The highest BCUT2D eigenvalue weighted by molar-refractivity contribution is 7.17. The van der Waals surface area contributed by atoms with Crippen LogP contribution in [0.3, 0.4) is 0 Å². The van der Waals surface area contributed by atoms with Crippen LogP contribution in [-0.4, -0.2) is 23.2 Å². The lowest BCUT2D eigenvalue weighted by atomic mass is 10.0. The van der Waals surface area contributed by atoms with Gasteiger partial charge in [-0.3, -0.25) is 4.98 Å². The second-order valence-electron chi connectivity index (χ2n) is 5.65. The quantitative estimate of drug-likeness (QED) is 0.852. The smallest absolute Gasteiger partial charge is 0.0809 e. The van der Waals surface area contributed by atoms with E-state index in [1.54, 1.807) is 11.3 Å². The van der Waals surface area contributed by atoms with Crippen LogP contribution in [0.5, 0.6) is 0 Å². The third kappa shape index (κ3) is 2.81. The van der Waals surface area contributed by atoms with Crippen LogP contribution in [0.1, 0.15) is 37.8 Å². The summed E-state index contributed by atoms with van der Waals surface area (Å²) in [6.45, 7) is 3.49. The van der Waals surface area contributed by atoms with Crippen molar-refractivity contribution in [1.82, 2.24) is 10.3 Å². The first kappa shape index (κ1) is 13.0. The molecule has 19 heavy (non-hydrogen) atoms. The van der Waals surface area contributed by atoms with Crippen LogP contribution in [0.25, 0.3) is 10.2 Å². The molecule has 3 nitrogen and oxygen atoms in total. The number of hydrogen-bond donors (Lipinski definition) is 2. The Morgan fingerprint density at radius 1 is 1.53 bits per heavy atom. The van der Waals surface area contributed by atoms with Gasteiger partial charge in [-0.05, 0) is 54.7 Å². The highest BCUT2D eigenvalue weighted by atomic mass is 32.1. The molecule has 1 unspecified atom stereocenters. The summed E-state index contributed by atoms with van der Waals surface area (Å²) in [6, 6.07) is 4.61. The fourth-order valence-electron chi connectivity index (χ4n) is 2.51. The molecule has 0 spiro atoms. The molecule has 2 aromatic rings. The fraction of sp³-hybridized carbons (Fsp3) is 0.533. The predicted molar refractivity (Wildman–Crippen MR) is 79.4 cm³/mol. The molecule has 0 saturated heterocycles. The Balaban J connectivity index is 1.64. The van der Waals surface area contributed by atoms with E-state index in [0.717, 1.165) is 18.5 Å². The zero-order chi connectivity index (χ0) is 13.3. The van der Waals surface area contributed by atoms with Gasteiger partial charge in [0.05, 0.1) is 10.2 Å². The SMILES string of the molecule is CC(NCC1(CCO)CC1)c1cnc2ccsc2c1. The van der Waals surface area contributed by atoms with Gasteiger partial charge >= 0.3 is 0 Å². The molecule has 0 amide bonds. The zero-order valence-corrected chi connectivity index (χ0v) is 12.0. The van der Waals surface area contributed by atoms with Crippen molar-refractivity contribution in [2.75, 3.05) is 13.2 Å². The Labute approximate surface area is 117 Å². The van der Waals surface area contributed by atoms with E-state index in [1.807, 2.05) is 6.20 Å². The van der Waals surface area contributed by atoms with Crippen LogP contribution in [0.4, 0.5) is 0 Å². The van der Waals surface area contributed by atoms with Gasteiger partial charge in [-0.2, -0.15) is 0 Å². The van der Waals surface area contributed by atoms with Gasteiger partial charge in [0.2, 0.25) is 0 Å². The van der Waals surface area contributed by atoms with Crippen molar-refractivity contribution in [3.8, 4) is 0 Å². The van der Waals surface area contributed by atoms with Crippen molar-refractivity contribution in [3.63, 3.8) is 0 Å². The monoisotopic (exact) mass is 276 g/mol.